The molecule has 1 saturated carbocycles. The standard InChI is InChI=1S/C20H17N3O8/c1-5-10-7(23-22)2-3-8(24)12(10)16(27)14-11(5)15(26)6-4-9(25)13(19(21)30)17(28)20(6,31)18(14)29/h2-3,5-6,11,15,26-28,31H,4H2,1H3,(H2,21,30)/t5-,6-,11-,15+,20-/m1/s1. The highest BCUT2D eigenvalue weighted by atomic mass is 16.4. The molecule has 1 fully saturated rings. The minimum absolute atomic E-state index is 0.0633. The summed E-state index contributed by atoms with van der Waals surface area (Å²) in [5.74, 6) is -10.1. The first kappa shape index (κ1) is 20.6. The van der Waals surface area contributed by atoms with Gasteiger partial charge in [0.05, 0.1) is 17.3 Å². The van der Waals surface area contributed by atoms with Gasteiger partial charge in [-0.1, -0.05) is 6.92 Å². The summed E-state index contributed by atoms with van der Waals surface area (Å²) in [7, 11) is 0. The summed E-state index contributed by atoms with van der Waals surface area (Å²) in [6.07, 6.45) is -0.109. The number of carbonyl (C=O) groups is 4. The maximum absolute atomic E-state index is 13.4. The number of aliphatic hydroxyl groups excluding tert-OH is 3. The lowest BCUT2D eigenvalue weighted by Gasteiger charge is -2.50. The average molecular weight is 427 g/mol. The SMILES string of the molecule is C[C@@H]1C2=C(C(=O)C=CC2=[N+]=[N-])C(O)=C2C(=O)[C@]3(O)C(O)=C(C(N)=O)C(=O)C[C@@H]3[C@H](O)[C@@H]21. The van der Waals surface area contributed by atoms with Crippen LogP contribution in [0, 0.1) is 17.8 Å². The van der Waals surface area contributed by atoms with Crippen molar-refractivity contribution in [2.45, 2.75) is 25.0 Å². The molecule has 0 aliphatic heterocycles. The number of ketones is 3. The van der Waals surface area contributed by atoms with E-state index >= 15 is 0 Å². The quantitative estimate of drug-likeness (QED) is 0.147. The Labute approximate surface area is 174 Å². The van der Waals surface area contributed by atoms with Crippen LogP contribution in [0.4, 0.5) is 0 Å². The van der Waals surface area contributed by atoms with Crippen LogP contribution in [0.25, 0.3) is 5.53 Å². The zero-order valence-corrected chi connectivity index (χ0v) is 16.1. The number of hydrogen-bond donors (Lipinski definition) is 5. The number of nitrogens with two attached hydrogens (primary N) is 1. The summed E-state index contributed by atoms with van der Waals surface area (Å²) in [5.41, 5.74) is 9.68. The lowest BCUT2D eigenvalue weighted by Crippen LogP contribution is -2.64. The molecule has 0 heterocycles. The van der Waals surface area contributed by atoms with Gasteiger partial charge in [0.15, 0.2) is 17.2 Å². The summed E-state index contributed by atoms with van der Waals surface area (Å²) < 4.78 is 0. The van der Waals surface area contributed by atoms with E-state index in [1.54, 1.807) is 0 Å². The van der Waals surface area contributed by atoms with Crippen molar-refractivity contribution in [3.8, 4) is 0 Å². The van der Waals surface area contributed by atoms with Gasteiger partial charge in [-0.2, -0.15) is 4.79 Å². The fraction of sp³-hybridized carbons (Fsp3) is 0.350. The first-order valence-corrected chi connectivity index (χ1v) is 9.32. The number of allylic oxidation sites excluding steroid dienone is 4. The van der Waals surface area contributed by atoms with Crippen LogP contribution in [-0.4, -0.2) is 65.9 Å². The van der Waals surface area contributed by atoms with Crippen molar-refractivity contribution >= 4 is 29.0 Å². The molecule has 0 radical (unpaired) electrons. The highest BCUT2D eigenvalue weighted by Gasteiger charge is 2.65. The number of hydrogen-bond acceptors (Lipinski definition) is 8. The van der Waals surface area contributed by atoms with Gasteiger partial charge in [-0.15, -0.1) is 0 Å². The largest absolute Gasteiger partial charge is 0.508 e. The fourth-order valence-electron chi connectivity index (χ4n) is 5.13. The number of carbonyl (C=O) groups excluding carboxylic acids is 4. The van der Waals surface area contributed by atoms with Gasteiger partial charge in [-0.3, -0.25) is 19.2 Å². The van der Waals surface area contributed by atoms with Gasteiger partial charge in [0.1, 0.15) is 17.1 Å². The molecular formula is C20H17N3O8. The molecule has 0 aromatic rings. The van der Waals surface area contributed by atoms with Crippen LogP contribution < -0.4 is 5.73 Å². The van der Waals surface area contributed by atoms with E-state index in [4.69, 9.17) is 5.73 Å². The van der Waals surface area contributed by atoms with Crippen molar-refractivity contribution in [3.63, 3.8) is 0 Å². The van der Waals surface area contributed by atoms with E-state index in [-0.39, 0.29) is 16.9 Å². The van der Waals surface area contributed by atoms with Gasteiger partial charge >= 0.3 is 5.71 Å². The molecule has 0 unspecified atom stereocenters. The van der Waals surface area contributed by atoms with Crippen LogP contribution in [0.1, 0.15) is 13.3 Å². The maximum Gasteiger partial charge on any atom is 0.319 e. The van der Waals surface area contributed by atoms with Crippen molar-refractivity contribution in [2.24, 2.45) is 23.5 Å². The molecule has 0 saturated heterocycles. The highest BCUT2D eigenvalue weighted by Crippen LogP contribution is 2.53. The van der Waals surface area contributed by atoms with Crippen molar-refractivity contribution in [2.75, 3.05) is 0 Å². The van der Waals surface area contributed by atoms with Gasteiger partial charge in [-0.05, 0) is 12.0 Å². The molecule has 4 aliphatic rings. The second-order valence-corrected chi connectivity index (χ2v) is 7.96. The summed E-state index contributed by atoms with van der Waals surface area (Å²) in [4.78, 5) is 52.9. The molecule has 5 atom stereocenters. The molecule has 4 rings (SSSR count). The van der Waals surface area contributed by atoms with E-state index in [0.717, 1.165) is 6.08 Å². The first-order chi connectivity index (χ1) is 14.5. The average Bonchev–Trinajstić information content (AvgIpc) is 2.70. The third-order valence-electron chi connectivity index (χ3n) is 6.55. The summed E-state index contributed by atoms with van der Waals surface area (Å²) in [6.45, 7) is 1.51. The van der Waals surface area contributed by atoms with Crippen LogP contribution in [0.5, 0.6) is 0 Å². The molecule has 0 aromatic heterocycles. The van der Waals surface area contributed by atoms with Crippen molar-refractivity contribution in [1.29, 1.82) is 0 Å². The zero-order chi connectivity index (χ0) is 23.0. The number of amides is 1. The molecule has 11 nitrogen and oxygen atoms in total. The van der Waals surface area contributed by atoms with E-state index in [1.165, 1.54) is 13.0 Å². The Morgan fingerprint density at radius 2 is 1.87 bits per heavy atom. The molecule has 1 amide bonds. The van der Waals surface area contributed by atoms with Crippen molar-refractivity contribution in [1.82, 2.24) is 0 Å². The smallest absolute Gasteiger partial charge is 0.319 e. The maximum atomic E-state index is 13.4. The molecule has 31 heavy (non-hydrogen) atoms. The highest BCUT2D eigenvalue weighted by molar-refractivity contribution is 6.25. The van der Waals surface area contributed by atoms with Crippen LogP contribution in [-0.2, 0) is 19.2 Å². The molecule has 11 heteroatoms. The minimum Gasteiger partial charge on any atom is -0.508 e. The molecule has 0 spiro atoms. The predicted molar refractivity (Wildman–Crippen MR) is 100 cm³/mol. The van der Waals surface area contributed by atoms with E-state index in [1.807, 2.05) is 0 Å². The van der Waals surface area contributed by atoms with E-state index < -0.39 is 81.8 Å². The Bertz CT molecular complexity index is 1180. The van der Waals surface area contributed by atoms with Gasteiger partial charge in [0, 0.05) is 29.9 Å². The number of fused-ring (bicyclic) bond motifs is 2. The number of Topliss-reactive ketones (excluding diaryl/α,β-unsaturated/α-hetero) is 2. The summed E-state index contributed by atoms with van der Waals surface area (Å²) in [6, 6.07) is 0. The molecule has 0 bridgehead atoms. The second-order valence-electron chi connectivity index (χ2n) is 7.96. The van der Waals surface area contributed by atoms with Gasteiger partial charge in [0.2, 0.25) is 5.78 Å². The zero-order valence-electron chi connectivity index (χ0n) is 16.1. The minimum atomic E-state index is -2.91. The molecular weight excluding hydrogens is 410 g/mol. The topological polar surface area (TPSA) is 212 Å². The normalized spacial score (nSPS) is 35.1. The summed E-state index contributed by atoms with van der Waals surface area (Å²) >= 11 is 0. The predicted octanol–water partition coefficient (Wildman–Crippen LogP) is -1.27. The third-order valence-corrected chi connectivity index (χ3v) is 6.55. The van der Waals surface area contributed by atoms with E-state index in [0.29, 0.717) is 0 Å². The fourth-order valence-corrected chi connectivity index (χ4v) is 5.13. The number of rotatable bonds is 1. The van der Waals surface area contributed by atoms with Gasteiger partial charge in [0.25, 0.3) is 5.91 Å². The lowest BCUT2D eigenvalue weighted by molar-refractivity contribution is -0.161. The Hall–Kier alpha value is -3.66. The Balaban J connectivity index is 2.02. The van der Waals surface area contributed by atoms with Crippen molar-refractivity contribution in [3.05, 3.63) is 51.5 Å². The first-order valence-electron chi connectivity index (χ1n) is 9.32. The second kappa shape index (κ2) is 6.42. The number of aliphatic hydroxyl groups is 4. The van der Waals surface area contributed by atoms with Crippen molar-refractivity contribution < 1.29 is 44.4 Å². The Morgan fingerprint density at radius 1 is 1.23 bits per heavy atom. The summed E-state index contributed by atoms with van der Waals surface area (Å²) in [5, 5.41) is 43.5. The van der Waals surface area contributed by atoms with E-state index in [2.05, 4.69) is 4.79 Å². The molecule has 6 N–H and O–H groups in total. The van der Waals surface area contributed by atoms with Crippen LogP contribution in [0.2, 0.25) is 0 Å². The monoisotopic (exact) mass is 427 g/mol. The van der Waals surface area contributed by atoms with Crippen LogP contribution in [0.15, 0.2) is 46.0 Å². The molecule has 160 valence electrons. The lowest BCUT2D eigenvalue weighted by atomic mass is 9.55. The van der Waals surface area contributed by atoms with E-state index in [9.17, 15) is 45.1 Å². The molecule has 0 aromatic carbocycles. The Kier molecular flexibility index (Phi) is 4.27. The van der Waals surface area contributed by atoms with Gasteiger partial charge in [-0.25, -0.2) is 0 Å². The number of primary amides is 1. The van der Waals surface area contributed by atoms with Crippen LogP contribution in [0.3, 0.4) is 0 Å². The molecule has 4 aliphatic carbocycles. The Morgan fingerprint density at radius 3 is 2.45 bits per heavy atom. The third kappa shape index (κ3) is 2.36. The van der Waals surface area contributed by atoms with Gasteiger partial charge < -0.3 is 31.7 Å². The van der Waals surface area contributed by atoms with Crippen LogP contribution >= 0.6 is 0 Å². The number of nitrogens with zero attached hydrogens (tertiary/aromatic N) is 2.